The van der Waals surface area contributed by atoms with Gasteiger partial charge in [-0.15, -0.1) is 48.1 Å². The smallest absolute Gasteiger partial charge is 0.135 e. The number of nitrogens with zero attached hydrogens (tertiary/aromatic N) is 4. The summed E-state index contributed by atoms with van der Waals surface area (Å²) < 4.78 is 104. The van der Waals surface area contributed by atoms with Gasteiger partial charge in [0.2, 0.25) is 0 Å². The average molecular weight is 1260 g/mol. The van der Waals surface area contributed by atoms with Crippen LogP contribution >= 0.6 is 0 Å². The van der Waals surface area contributed by atoms with Crippen LogP contribution in [-0.4, -0.2) is 9.55 Å². The van der Waals surface area contributed by atoms with Crippen molar-refractivity contribution >= 4 is 44.6 Å². The van der Waals surface area contributed by atoms with Crippen LogP contribution in [-0.2, 0) is 43.7 Å². The number of para-hydroxylation sites is 3. The van der Waals surface area contributed by atoms with Gasteiger partial charge in [-0.25, -0.2) is 4.98 Å². The average Bonchev–Trinajstić information content (AvgIpc) is 1.80. The fourth-order valence-electron chi connectivity index (χ4n) is 11.7. The van der Waals surface area contributed by atoms with Gasteiger partial charge in [-0.3, -0.25) is 0 Å². The Kier molecular flexibility index (Phi) is 11.4. The third-order valence-electron chi connectivity index (χ3n) is 16.1. The number of benzene rings is 9. The van der Waals surface area contributed by atoms with E-state index in [0.29, 0.717) is 39.7 Å². The zero-order valence-electron chi connectivity index (χ0n) is 57.6. The van der Waals surface area contributed by atoms with E-state index >= 15 is 0 Å². The molecule has 0 unspecified atom stereocenters. The van der Waals surface area contributed by atoms with Gasteiger partial charge in [0.15, 0.2) is 0 Å². The minimum atomic E-state index is -1.99. The van der Waals surface area contributed by atoms with E-state index in [1.807, 2.05) is 109 Å². The van der Waals surface area contributed by atoms with Crippen LogP contribution in [0.5, 0.6) is 11.5 Å². The number of rotatable bonds is 11. The molecule has 412 valence electrons. The number of ether oxygens (including phenoxy) is 1. The molecule has 2 aromatic heterocycles. The normalized spacial score (nSPS) is 16.4. The Labute approximate surface area is 513 Å². The molecule has 0 N–H and O–H groups in total. The predicted octanol–water partition coefficient (Wildman–Crippen LogP) is 20.5. The van der Waals surface area contributed by atoms with Crippen LogP contribution in [0.1, 0.15) is 111 Å². The molecule has 0 radical (unpaired) electrons. The first kappa shape index (κ1) is 43.7. The molecular weight excluding hydrogens is 1180 g/mol. The van der Waals surface area contributed by atoms with Crippen LogP contribution in [0.15, 0.2) is 206 Å². The Balaban J connectivity index is 0.00000816. The van der Waals surface area contributed by atoms with Gasteiger partial charge < -0.3 is 19.1 Å². The summed E-state index contributed by atoms with van der Waals surface area (Å²) >= 11 is 0. The van der Waals surface area contributed by atoms with Crippen molar-refractivity contribution in [2.45, 2.75) is 97.8 Å². The molecule has 13 rings (SSSR count). The first-order chi connectivity index (χ1) is 43.2. The molecule has 3 heterocycles. The van der Waals surface area contributed by atoms with Gasteiger partial charge in [0.25, 0.3) is 0 Å². The number of pyridine rings is 1. The van der Waals surface area contributed by atoms with E-state index in [1.165, 1.54) is 5.56 Å². The fraction of sp³-hybridized carbons (Fsp3) is 0.211. The van der Waals surface area contributed by atoms with E-state index in [0.717, 1.165) is 62.8 Å². The zero-order valence-corrected chi connectivity index (χ0v) is 49.9. The number of hydrogen-bond acceptors (Lipinski definition) is 4. The van der Waals surface area contributed by atoms with E-state index in [1.54, 1.807) is 30.3 Å². The van der Waals surface area contributed by atoms with Crippen molar-refractivity contribution in [3.63, 3.8) is 0 Å². The van der Waals surface area contributed by atoms with Crippen molar-refractivity contribution in [3.05, 3.63) is 247 Å². The summed E-state index contributed by atoms with van der Waals surface area (Å²) in [6.07, 6.45) is 1.78. The molecule has 0 amide bonds. The third-order valence-corrected chi connectivity index (χ3v) is 16.1. The zero-order chi connectivity index (χ0) is 64.5. The van der Waals surface area contributed by atoms with E-state index in [-0.39, 0.29) is 82.8 Å². The summed E-state index contributed by atoms with van der Waals surface area (Å²) in [5.41, 5.74) is 9.12. The molecule has 0 atom stereocenters. The predicted molar refractivity (Wildman–Crippen MR) is 338 cm³/mol. The minimum absolute atomic E-state index is 0. The van der Waals surface area contributed by atoms with Gasteiger partial charge in [-0.2, -0.15) is 12.1 Å². The van der Waals surface area contributed by atoms with Crippen molar-refractivity contribution < 1.29 is 39.5 Å². The number of fused-ring (bicyclic) bond motifs is 5. The van der Waals surface area contributed by atoms with Gasteiger partial charge in [0.1, 0.15) is 5.82 Å². The Hall–Kier alpha value is -7.98. The Morgan fingerprint density at radius 3 is 2.02 bits per heavy atom. The first-order valence-electron chi connectivity index (χ1n) is 32.9. The molecular formula is C76H69N4OPt-3. The summed E-state index contributed by atoms with van der Waals surface area (Å²) in [4.78, 5) is 8.88. The maximum atomic E-state index is 10.5. The van der Waals surface area contributed by atoms with Crippen molar-refractivity contribution in [2.75, 3.05) is 9.80 Å². The molecule has 0 saturated carbocycles. The Bertz CT molecular complexity index is 4750. The molecule has 0 saturated heterocycles. The number of anilines is 4. The second-order valence-electron chi connectivity index (χ2n) is 24.0. The first-order valence-corrected chi connectivity index (χ1v) is 27.9. The Morgan fingerprint density at radius 2 is 1.28 bits per heavy atom. The Morgan fingerprint density at radius 1 is 0.622 bits per heavy atom. The summed E-state index contributed by atoms with van der Waals surface area (Å²) in [6, 6.07) is 52.0. The largest absolute Gasteiger partial charge is 0.509 e. The summed E-state index contributed by atoms with van der Waals surface area (Å²) in [5, 5.41) is 2.05. The minimum Gasteiger partial charge on any atom is -0.509 e. The van der Waals surface area contributed by atoms with Crippen LogP contribution in [0.4, 0.5) is 22.7 Å². The van der Waals surface area contributed by atoms with Gasteiger partial charge in [-0.1, -0.05) is 177 Å². The maximum absolute atomic E-state index is 10.5. The van der Waals surface area contributed by atoms with Crippen LogP contribution < -0.4 is 14.5 Å². The van der Waals surface area contributed by atoms with Crippen molar-refractivity contribution in [3.8, 4) is 61.8 Å². The van der Waals surface area contributed by atoms with E-state index in [4.69, 9.17) is 13.8 Å². The molecule has 6 heteroatoms. The van der Waals surface area contributed by atoms with E-state index in [9.17, 15) is 9.60 Å². The van der Waals surface area contributed by atoms with Crippen LogP contribution in [0.2, 0.25) is 0 Å². The van der Waals surface area contributed by atoms with Crippen molar-refractivity contribution in [2.24, 2.45) is 5.92 Å². The molecule has 11 aromatic rings. The molecule has 0 spiro atoms. The SMILES string of the molecule is [2H]c1c([2H])c([2H])c(-c2c([2H])c(-c3ccccc3)c([2H])c(-c3cc(C([2H])([2H])C(C)C)cc(-c4ccc5c(c4)C(C)(C)CCC5(C)C)c3N3[CH-]N(c4[c-]c(Oc5[c-]c6c(cc5)c5ccccc5n6-c5cc(C(C)(C)C)ccn5)ccc4)c4ccccc43)c2[2H])c([2H])c1[2H].[Pt]. The molecule has 9 aromatic carbocycles. The van der Waals surface area contributed by atoms with Crippen molar-refractivity contribution in [1.29, 1.82) is 0 Å². The maximum Gasteiger partial charge on any atom is 0.135 e. The molecule has 1 aliphatic carbocycles. The van der Waals surface area contributed by atoms with Crippen molar-refractivity contribution in [1.82, 2.24) is 9.55 Å². The number of hydrogen-bond donors (Lipinski definition) is 0. The van der Waals surface area contributed by atoms with E-state index in [2.05, 4.69) is 114 Å². The van der Waals surface area contributed by atoms with Crippen LogP contribution in [0, 0.1) is 24.7 Å². The van der Waals surface area contributed by atoms with E-state index < -0.39 is 48.5 Å². The van der Waals surface area contributed by atoms with Crippen LogP contribution in [0.3, 0.4) is 0 Å². The molecule has 2 aliphatic rings. The standard InChI is InChI=1S/C76H69N4O.Pt/c1-50(2)39-51-40-64(54-31-34-66-67(45-54)76(8,9)37-36-75(66,6)7)73(65(41-51)57-43-55(52-21-12-10-13-22-52)42-56(44-57)53-23-14-11-15-24-53)79-49-78(69-29-18-19-30-70(69)79)59-25-20-26-60(47-59)81-61-32-33-63-62-27-16-17-28-68(62)80(71(63)48-61)72-46-58(35-38-77-72)74(3,4)5;/h10-35,38,40-46,49-50H,36-37,39H2,1-9H3;/q-3;/i10D,12D,13D,21D,22D,39D2,42D,43D,44D;. The molecule has 0 fully saturated rings. The summed E-state index contributed by atoms with van der Waals surface area (Å²) in [7, 11) is 0. The quantitative estimate of drug-likeness (QED) is 0.121. The molecule has 5 nitrogen and oxygen atoms in total. The molecule has 0 bridgehead atoms. The number of aromatic nitrogens is 2. The summed E-state index contributed by atoms with van der Waals surface area (Å²) in [5.74, 6) is 1.09. The van der Waals surface area contributed by atoms with Gasteiger partial charge in [0.05, 0.1) is 11.0 Å². The second-order valence-corrected chi connectivity index (χ2v) is 24.0. The second kappa shape index (κ2) is 21.4. The monoisotopic (exact) mass is 1260 g/mol. The third kappa shape index (κ3) is 10.2. The molecule has 1 aliphatic heterocycles. The van der Waals surface area contributed by atoms with Crippen LogP contribution in [0.25, 0.3) is 72.1 Å². The van der Waals surface area contributed by atoms with Gasteiger partial charge >= 0.3 is 0 Å². The van der Waals surface area contributed by atoms with Gasteiger partial charge in [-0.05, 0) is 163 Å². The van der Waals surface area contributed by atoms with Gasteiger partial charge in [0, 0.05) is 75.2 Å². The topological polar surface area (TPSA) is 33.5 Å². The molecule has 82 heavy (non-hydrogen) atoms. The summed E-state index contributed by atoms with van der Waals surface area (Å²) in [6.45, 7) is 21.2. The fourth-order valence-corrected chi connectivity index (χ4v) is 11.7.